The largest absolute Gasteiger partial charge is 0.385 e. The van der Waals surface area contributed by atoms with Crippen LogP contribution in [0.3, 0.4) is 0 Å². The van der Waals surface area contributed by atoms with E-state index in [1.807, 2.05) is 0 Å². The van der Waals surface area contributed by atoms with E-state index in [0.29, 0.717) is 5.92 Å². The monoisotopic (exact) mass is 241 g/mol. The Balaban J connectivity index is 2.67. The Morgan fingerprint density at radius 2 is 2.08 bits per heavy atom. The van der Waals surface area contributed by atoms with Crippen LogP contribution >= 0.6 is 15.9 Å². The maximum atomic E-state index is 3.45. The zero-order valence-electron chi connectivity index (χ0n) is 8.39. The first-order valence-electron chi connectivity index (χ1n) is 4.59. The Morgan fingerprint density at radius 3 is 2.62 bits per heavy atom. The summed E-state index contributed by atoms with van der Waals surface area (Å²) in [6.45, 7) is 7.57. The van der Waals surface area contributed by atoms with E-state index in [1.165, 1.54) is 11.3 Å². The van der Waals surface area contributed by atoms with Crippen LogP contribution in [0.5, 0.6) is 0 Å². The minimum absolute atomic E-state index is 0.683. The molecule has 0 aliphatic rings. The molecular weight excluding hydrogens is 226 g/mol. The van der Waals surface area contributed by atoms with Gasteiger partial charge in [-0.05, 0) is 36.6 Å². The summed E-state index contributed by atoms with van der Waals surface area (Å²) in [7, 11) is 0. The molecule has 0 saturated carbocycles. The third-order valence-electron chi connectivity index (χ3n) is 1.89. The van der Waals surface area contributed by atoms with Crippen molar-refractivity contribution in [3.63, 3.8) is 0 Å². The first kappa shape index (κ1) is 10.6. The fourth-order valence-electron chi connectivity index (χ4n) is 1.14. The number of hydrogen-bond donors (Lipinski definition) is 1. The molecule has 0 amide bonds. The van der Waals surface area contributed by atoms with E-state index in [9.17, 15) is 0 Å². The molecule has 0 aliphatic heterocycles. The predicted molar refractivity (Wildman–Crippen MR) is 62.2 cm³/mol. The van der Waals surface area contributed by atoms with Crippen molar-refractivity contribution in [1.29, 1.82) is 0 Å². The van der Waals surface area contributed by atoms with Gasteiger partial charge in [0.05, 0.1) is 0 Å². The van der Waals surface area contributed by atoms with Crippen LogP contribution in [0.1, 0.15) is 19.4 Å². The zero-order valence-corrected chi connectivity index (χ0v) is 9.98. The maximum absolute atomic E-state index is 3.45. The average Bonchev–Trinajstić information content (AvgIpc) is 2.02. The lowest BCUT2D eigenvalue weighted by molar-refractivity contribution is 0.688. The van der Waals surface area contributed by atoms with Gasteiger partial charge in [-0.1, -0.05) is 29.8 Å². The second kappa shape index (κ2) is 4.66. The van der Waals surface area contributed by atoms with Gasteiger partial charge in [0.25, 0.3) is 0 Å². The van der Waals surface area contributed by atoms with Crippen LogP contribution in [0, 0.1) is 12.8 Å². The molecule has 72 valence electrons. The van der Waals surface area contributed by atoms with Gasteiger partial charge in [0, 0.05) is 16.7 Å². The summed E-state index contributed by atoms with van der Waals surface area (Å²) in [5.41, 5.74) is 2.52. The molecule has 1 N–H and O–H groups in total. The lowest BCUT2D eigenvalue weighted by Gasteiger charge is -2.11. The summed E-state index contributed by atoms with van der Waals surface area (Å²) in [5.74, 6) is 0.683. The maximum Gasteiger partial charge on any atom is 0.0370 e. The van der Waals surface area contributed by atoms with Crippen LogP contribution in [-0.4, -0.2) is 6.54 Å². The third-order valence-corrected chi connectivity index (χ3v) is 2.38. The molecule has 1 aromatic rings. The minimum atomic E-state index is 0.683. The molecular formula is C11H16BrN. The molecule has 13 heavy (non-hydrogen) atoms. The molecule has 0 heterocycles. The highest BCUT2D eigenvalue weighted by Crippen LogP contribution is 2.20. The predicted octanol–water partition coefficient (Wildman–Crippen LogP) is 3.83. The molecule has 0 atom stereocenters. The van der Waals surface area contributed by atoms with Crippen molar-refractivity contribution in [1.82, 2.24) is 0 Å². The molecule has 0 aromatic heterocycles. The van der Waals surface area contributed by atoms with Gasteiger partial charge in [-0.25, -0.2) is 0 Å². The first-order chi connectivity index (χ1) is 6.09. The average molecular weight is 242 g/mol. The number of benzene rings is 1. The van der Waals surface area contributed by atoms with E-state index in [4.69, 9.17) is 0 Å². The number of aryl methyl sites for hydroxylation is 1. The standard InChI is InChI=1S/C11H16BrN/c1-8(2)7-13-11-5-4-10(12)6-9(11)3/h4-6,8,13H,7H2,1-3H3. The summed E-state index contributed by atoms with van der Waals surface area (Å²) < 4.78 is 1.14. The molecule has 0 aliphatic carbocycles. The quantitative estimate of drug-likeness (QED) is 0.849. The molecule has 0 fully saturated rings. The van der Waals surface area contributed by atoms with E-state index in [2.05, 4.69) is 60.2 Å². The second-order valence-corrected chi connectivity index (χ2v) is 4.65. The van der Waals surface area contributed by atoms with Crippen LogP contribution in [0.15, 0.2) is 22.7 Å². The SMILES string of the molecule is Cc1cc(Br)ccc1NCC(C)C. The second-order valence-electron chi connectivity index (χ2n) is 3.73. The van der Waals surface area contributed by atoms with Gasteiger partial charge in [0.2, 0.25) is 0 Å². The van der Waals surface area contributed by atoms with Crippen molar-refractivity contribution in [2.24, 2.45) is 5.92 Å². The van der Waals surface area contributed by atoms with Crippen molar-refractivity contribution in [2.45, 2.75) is 20.8 Å². The van der Waals surface area contributed by atoms with E-state index in [1.54, 1.807) is 0 Å². The highest BCUT2D eigenvalue weighted by molar-refractivity contribution is 9.10. The van der Waals surface area contributed by atoms with Crippen LogP contribution < -0.4 is 5.32 Å². The van der Waals surface area contributed by atoms with Gasteiger partial charge in [0.1, 0.15) is 0 Å². The van der Waals surface area contributed by atoms with Crippen molar-refractivity contribution in [2.75, 3.05) is 11.9 Å². The van der Waals surface area contributed by atoms with Crippen LogP contribution in [0.2, 0.25) is 0 Å². The van der Waals surface area contributed by atoms with Gasteiger partial charge in [-0.2, -0.15) is 0 Å². The summed E-state index contributed by atoms with van der Waals surface area (Å²) >= 11 is 3.45. The minimum Gasteiger partial charge on any atom is -0.385 e. The fraction of sp³-hybridized carbons (Fsp3) is 0.455. The van der Waals surface area contributed by atoms with E-state index >= 15 is 0 Å². The number of anilines is 1. The molecule has 1 aromatic carbocycles. The van der Waals surface area contributed by atoms with Crippen molar-refractivity contribution >= 4 is 21.6 Å². The smallest absolute Gasteiger partial charge is 0.0370 e. The van der Waals surface area contributed by atoms with E-state index < -0.39 is 0 Å². The Morgan fingerprint density at radius 1 is 1.38 bits per heavy atom. The van der Waals surface area contributed by atoms with Gasteiger partial charge in [-0.3, -0.25) is 0 Å². The van der Waals surface area contributed by atoms with Crippen molar-refractivity contribution in [3.8, 4) is 0 Å². The summed E-state index contributed by atoms with van der Waals surface area (Å²) in [6, 6.07) is 6.31. The number of hydrogen-bond acceptors (Lipinski definition) is 1. The van der Waals surface area contributed by atoms with Gasteiger partial charge < -0.3 is 5.32 Å². The Bertz CT molecular complexity index is 281. The van der Waals surface area contributed by atoms with Crippen LogP contribution in [0.4, 0.5) is 5.69 Å². The zero-order chi connectivity index (χ0) is 9.84. The molecule has 2 heteroatoms. The molecule has 0 spiro atoms. The van der Waals surface area contributed by atoms with Crippen LogP contribution in [0.25, 0.3) is 0 Å². The first-order valence-corrected chi connectivity index (χ1v) is 5.39. The molecule has 0 radical (unpaired) electrons. The summed E-state index contributed by atoms with van der Waals surface area (Å²) in [6.07, 6.45) is 0. The van der Waals surface area contributed by atoms with Gasteiger partial charge in [0.15, 0.2) is 0 Å². The van der Waals surface area contributed by atoms with Gasteiger partial charge >= 0.3 is 0 Å². The van der Waals surface area contributed by atoms with Crippen molar-refractivity contribution < 1.29 is 0 Å². The molecule has 1 nitrogen and oxygen atoms in total. The Labute approximate surface area is 88.7 Å². The summed E-state index contributed by atoms with van der Waals surface area (Å²) in [4.78, 5) is 0. The lowest BCUT2D eigenvalue weighted by atomic mass is 10.2. The van der Waals surface area contributed by atoms with Crippen LogP contribution in [-0.2, 0) is 0 Å². The Hall–Kier alpha value is -0.500. The van der Waals surface area contributed by atoms with E-state index in [-0.39, 0.29) is 0 Å². The van der Waals surface area contributed by atoms with E-state index in [0.717, 1.165) is 11.0 Å². The summed E-state index contributed by atoms with van der Waals surface area (Å²) in [5, 5.41) is 3.42. The van der Waals surface area contributed by atoms with Gasteiger partial charge in [-0.15, -0.1) is 0 Å². The van der Waals surface area contributed by atoms with Crippen molar-refractivity contribution in [3.05, 3.63) is 28.2 Å². The number of halogens is 1. The normalized spacial score (nSPS) is 10.5. The highest BCUT2D eigenvalue weighted by atomic mass is 79.9. The Kier molecular flexibility index (Phi) is 3.79. The number of rotatable bonds is 3. The number of nitrogens with one attached hydrogen (secondary N) is 1. The third kappa shape index (κ3) is 3.39. The topological polar surface area (TPSA) is 12.0 Å². The lowest BCUT2D eigenvalue weighted by Crippen LogP contribution is -2.08. The molecule has 0 saturated heterocycles. The fourth-order valence-corrected chi connectivity index (χ4v) is 1.62. The molecule has 0 unspecified atom stereocenters. The molecule has 1 rings (SSSR count). The highest BCUT2D eigenvalue weighted by Gasteiger charge is 1.98. The molecule has 0 bridgehead atoms.